The maximum Gasteiger partial charge on any atom is 0.220 e. The molecule has 1 saturated heterocycles. The fraction of sp³-hybridized carbons (Fsp3) is 0.400. The van der Waals surface area contributed by atoms with Crippen molar-refractivity contribution in [2.75, 3.05) is 18.5 Å². The highest BCUT2D eigenvalue weighted by molar-refractivity contribution is 5.92. The number of rotatable bonds is 14. The summed E-state index contributed by atoms with van der Waals surface area (Å²) in [6, 6.07) is 11.6. The minimum absolute atomic E-state index is 0.142. The highest BCUT2D eigenvalue weighted by Gasteiger charge is 2.22. The molecule has 1 aliphatic heterocycles. The van der Waals surface area contributed by atoms with Crippen LogP contribution in [-0.2, 0) is 40.4 Å². The predicted octanol–water partition coefficient (Wildman–Crippen LogP) is 5.33. The van der Waals surface area contributed by atoms with Crippen LogP contribution in [0.25, 0.3) is 22.2 Å². The van der Waals surface area contributed by atoms with E-state index in [4.69, 9.17) is 9.72 Å². The number of aryl methyl sites for hydroxylation is 2. The number of benzene rings is 2. The van der Waals surface area contributed by atoms with E-state index in [1.165, 1.54) is 6.07 Å². The van der Waals surface area contributed by atoms with Crippen molar-refractivity contribution < 1.29 is 23.5 Å². The van der Waals surface area contributed by atoms with Gasteiger partial charge in [0.25, 0.3) is 0 Å². The van der Waals surface area contributed by atoms with E-state index in [1.807, 2.05) is 17.8 Å². The number of aromatic nitrogens is 3. The Bertz CT molecular complexity index is 1700. The van der Waals surface area contributed by atoms with E-state index in [0.29, 0.717) is 55.8 Å². The zero-order chi connectivity index (χ0) is 32.5. The summed E-state index contributed by atoms with van der Waals surface area (Å²) in [5.74, 6) is -0.745. The molecule has 1 aliphatic rings. The lowest BCUT2D eigenvalue weighted by molar-refractivity contribution is -0.122. The van der Waals surface area contributed by atoms with Crippen LogP contribution in [0, 0.1) is 5.82 Å². The highest BCUT2D eigenvalue weighted by Crippen LogP contribution is 2.31. The Labute approximate surface area is 268 Å². The van der Waals surface area contributed by atoms with Crippen molar-refractivity contribution in [1.29, 1.82) is 0 Å². The molecule has 46 heavy (non-hydrogen) atoms. The number of hydrogen-bond acceptors (Lipinski definition) is 7. The lowest BCUT2D eigenvalue weighted by atomic mass is 10.0. The van der Waals surface area contributed by atoms with Crippen LogP contribution >= 0.6 is 0 Å². The van der Waals surface area contributed by atoms with Crippen molar-refractivity contribution in [1.82, 2.24) is 25.4 Å². The Morgan fingerprint density at radius 2 is 1.80 bits per heavy atom. The number of nitrogens with zero attached hydrogens (tertiary/aromatic N) is 3. The Morgan fingerprint density at radius 3 is 2.52 bits per heavy atom. The number of carbonyl (C=O) groups is 3. The number of pyridine rings is 1. The first-order chi connectivity index (χ1) is 22.4. The quantitative estimate of drug-likeness (QED) is 0.161. The van der Waals surface area contributed by atoms with Crippen LogP contribution in [-0.4, -0.2) is 52.1 Å². The summed E-state index contributed by atoms with van der Waals surface area (Å²) in [7, 11) is 0. The van der Waals surface area contributed by atoms with Crippen molar-refractivity contribution in [2.24, 2.45) is 0 Å². The number of hydrogen-bond donors (Lipinski definition) is 3. The van der Waals surface area contributed by atoms with Crippen LogP contribution in [0.1, 0.15) is 73.1 Å². The first-order valence-electron chi connectivity index (χ1n) is 16.0. The molecule has 4 aromatic rings. The van der Waals surface area contributed by atoms with Crippen LogP contribution in [0.15, 0.2) is 48.7 Å². The fourth-order valence-corrected chi connectivity index (χ4v) is 5.76. The van der Waals surface area contributed by atoms with Crippen molar-refractivity contribution in [3.8, 4) is 11.1 Å². The van der Waals surface area contributed by atoms with Gasteiger partial charge in [-0.2, -0.15) is 5.10 Å². The molecular weight excluding hydrogens is 587 g/mol. The van der Waals surface area contributed by atoms with Crippen molar-refractivity contribution in [2.45, 2.75) is 78.0 Å². The summed E-state index contributed by atoms with van der Waals surface area (Å²) in [6.45, 7) is 6.77. The third-order valence-corrected chi connectivity index (χ3v) is 8.30. The number of ether oxygens (including phenoxy) is 1. The third kappa shape index (κ3) is 7.95. The van der Waals surface area contributed by atoms with E-state index in [0.717, 1.165) is 52.7 Å². The van der Waals surface area contributed by atoms with Crippen LogP contribution in [0.2, 0.25) is 0 Å². The van der Waals surface area contributed by atoms with Crippen LogP contribution in [0.5, 0.6) is 0 Å². The molecule has 5 rings (SSSR count). The number of halogens is 1. The molecule has 3 heterocycles. The van der Waals surface area contributed by atoms with E-state index in [1.54, 1.807) is 36.4 Å². The normalized spacial score (nSPS) is 13.5. The van der Waals surface area contributed by atoms with E-state index >= 15 is 0 Å². The van der Waals surface area contributed by atoms with Gasteiger partial charge >= 0.3 is 0 Å². The predicted molar refractivity (Wildman–Crippen MR) is 175 cm³/mol. The maximum atomic E-state index is 14.5. The first kappa shape index (κ1) is 32.7. The van der Waals surface area contributed by atoms with Gasteiger partial charge in [-0.3, -0.25) is 14.4 Å². The Hall–Kier alpha value is -4.64. The van der Waals surface area contributed by atoms with E-state index in [2.05, 4.69) is 28.0 Å². The van der Waals surface area contributed by atoms with Crippen molar-refractivity contribution in [3.05, 3.63) is 76.9 Å². The van der Waals surface area contributed by atoms with Crippen LogP contribution in [0.4, 0.5) is 10.1 Å². The zero-order valence-corrected chi connectivity index (χ0v) is 26.4. The second kappa shape index (κ2) is 15.6. The molecular formula is C35H41FN6O4. The van der Waals surface area contributed by atoms with E-state index < -0.39 is 5.82 Å². The summed E-state index contributed by atoms with van der Waals surface area (Å²) >= 11 is 0. The summed E-state index contributed by atoms with van der Waals surface area (Å²) in [5.41, 5.74) is 5.80. The Kier molecular flexibility index (Phi) is 11.1. The molecule has 3 N–H and O–H groups in total. The SMILES string of the molecule is CCc1nc2c(cnn2CC)c(NC2CCOCC2)c1CNC(=O)CCCC(=O)NCc1ccc(F)c(-c2cccc(C=O)c2)c1. The summed E-state index contributed by atoms with van der Waals surface area (Å²) in [5, 5.41) is 15.1. The minimum atomic E-state index is -0.409. The first-order valence-corrected chi connectivity index (χ1v) is 16.0. The van der Waals surface area contributed by atoms with Gasteiger partial charge in [0, 0.05) is 74.1 Å². The van der Waals surface area contributed by atoms with Crippen LogP contribution in [0.3, 0.4) is 0 Å². The topological polar surface area (TPSA) is 127 Å². The molecule has 0 unspecified atom stereocenters. The second-order valence-electron chi connectivity index (χ2n) is 11.5. The second-order valence-corrected chi connectivity index (χ2v) is 11.5. The van der Waals surface area contributed by atoms with Gasteiger partial charge in [-0.25, -0.2) is 14.1 Å². The molecule has 2 aromatic carbocycles. The number of carbonyl (C=O) groups excluding carboxylic acids is 3. The molecule has 0 saturated carbocycles. The van der Waals surface area contributed by atoms with Gasteiger partial charge in [-0.15, -0.1) is 0 Å². The minimum Gasteiger partial charge on any atom is -0.381 e. The molecule has 242 valence electrons. The highest BCUT2D eigenvalue weighted by atomic mass is 19.1. The average molecular weight is 629 g/mol. The van der Waals surface area contributed by atoms with E-state index in [-0.39, 0.29) is 37.2 Å². The largest absolute Gasteiger partial charge is 0.381 e. The summed E-state index contributed by atoms with van der Waals surface area (Å²) in [6.07, 6.45) is 5.85. The summed E-state index contributed by atoms with van der Waals surface area (Å²) in [4.78, 5) is 41.5. The number of amides is 2. The van der Waals surface area contributed by atoms with Crippen molar-refractivity contribution in [3.63, 3.8) is 0 Å². The van der Waals surface area contributed by atoms with Gasteiger partial charge in [0.2, 0.25) is 11.8 Å². The number of fused-ring (bicyclic) bond motifs is 1. The van der Waals surface area contributed by atoms with E-state index in [9.17, 15) is 18.8 Å². The Balaban J connectivity index is 1.15. The molecule has 0 spiro atoms. The molecule has 2 amide bonds. The molecule has 0 radical (unpaired) electrons. The fourth-order valence-electron chi connectivity index (χ4n) is 5.76. The van der Waals surface area contributed by atoms with Gasteiger partial charge < -0.3 is 20.7 Å². The Morgan fingerprint density at radius 1 is 1.04 bits per heavy atom. The van der Waals surface area contributed by atoms with Crippen LogP contribution < -0.4 is 16.0 Å². The smallest absolute Gasteiger partial charge is 0.220 e. The van der Waals surface area contributed by atoms with Gasteiger partial charge in [0.15, 0.2) is 5.65 Å². The molecule has 1 fully saturated rings. The van der Waals surface area contributed by atoms with Crippen molar-refractivity contribution >= 4 is 34.8 Å². The monoisotopic (exact) mass is 628 g/mol. The molecule has 10 nitrogen and oxygen atoms in total. The van der Waals surface area contributed by atoms with Gasteiger partial charge in [0.1, 0.15) is 12.1 Å². The zero-order valence-electron chi connectivity index (χ0n) is 26.4. The van der Waals surface area contributed by atoms with Gasteiger partial charge in [-0.05, 0) is 61.9 Å². The molecule has 2 aromatic heterocycles. The standard InChI is InChI=1S/C35H41FN6O4/c1-3-31-28(34(40-26-13-15-46-16-14-26)29-21-39-42(4-2)35(29)41-31)20-38-33(45)10-6-9-32(44)37-19-23-11-12-30(36)27(18-23)25-8-5-7-24(17-25)22-43/h5,7-8,11-12,17-18,21-22,26H,3-4,6,9-10,13-16,19-20H2,1-2H3,(H,37,44)(H,38,45)(H,40,41). The molecule has 0 bridgehead atoms. The number of nitrogens with one attached hydrogen (secondary N) is 3. The summed E-state index contributed by atoms with van der Waals surface area (Å²) < 4.78 is 22.0. The maximum absolute atomic E-state index is 14.5. The lowest BCUT2D eigenvalue weighted by Crippen LogP contribution is -2.30. The third-order valence-electron chi connectivity index (χ3n) is 8.30. The van der Waals surface area contributed by atoms with Gasteiger partial charge in [-0.1, -0.05) is 31.2 Å². The number of aldehydes is 1. The molecule has 0 atom stereocenters. The average Bonchev–Trinajstić information content (AvgIpc) is 3.50. The molecule has 0 aliphatic carbocycles. The molecule has 11 heteroatoms. The van der Waals surface area contributed by atoms with Gasteiger partial charge in [0.05, 0.1) is 17.3 Å². The lowest BCUT2D eigenvalue weighted by Gasteiger charge is -2.26. The number of anilines is 1.